The molecule has 1 atom stereocenters. The molecule has 0 spiro atoms. The van der Waals surface area contributed by atoms with Crippen LogP contribution in [0, 0.1) is 17.2 Å². The molecular weight excluding hydrogens is 400 g/mol. The fourth-order valence-corrected chi connectivity index (χ4v) is 3.15. The highest BCUT2D eigenvalue weighted by Gasteiger charge is 2.25. The topological polar surface area (TPSA) is 129 Å². The summed E-state index contributed by atoms with van der Waals surface area (Å²) in [6.07, 6.45) is 2.86. The largest absolute Gasteiger partial charge is 0.383 e. The molecule has 0 radical (unpaired) electrons. The van der Waals surface area contributed by atoms with E-state index in [1.807, 2.05) is 0 Å². The Morgan fingerprint density at radius 1 is 1.48 bits per heavy atom. The molecule has 0 aliphatic carbocycles. The Morgan fingerprint density at radius 3 is 3.06 bits per heavy atom. The number of hydrogen-bond acceptors (Lipinski definition) is 8. The molecule has 1 aliphatic rings. The number of nitriles is 1. The van der Waals surface area contributed by atoms with Crippen LogP contribution in [0.25, 0.3) is 0 Å². The lowest BCUT2D eigenvalue weighted by molar-refractivity contribution is 0.111. The molecule has 162 valence electrons. The highest BCUT2D eigenvalue weighted by molar-refractivity contribution is 6.01. The van der Waals surface area contributed by atoms with Gasteiger partial charge in [0, 0.05) is 45.0 Å². The molecule has 2 amide bonds. The Bertz CT molecular complexity index is 955. The monoisotopic (exact) mass is 424 g/mol. The van der Waals surface area contributed by atoms with E-state index < -0.39 is 6.03 Å². The van der Waals surface area contributed by atoms with Crippen molar-refractivity contribution in [2.24, 2.45) is 5.92 Å². The van der Waals surface area contributed by atoms with Gasteiger partial charge in [0.1, 0.15) is 23.4 Å². The number of aromatic nitrogens is 2. The predicted octanol–water partition coefficient (Wildman–Crippen LogP) is 2.29. The van der Waals surface area contributed by atoms with Gasteiger partial charge in [-0.1, -0.05) is 6.07 Å². The summed E-state index contributed by atoms with van der Waals surface area (Å²) in [7, 11) is 1.59. The molecule has 1 saturated heterocycles. The van der Waals surface area contributed by atoms with Gasteiger partial charge in [0.2, 0.25) is 0 Å². The van der Waals surface area contributed by atoms with E-state index in [0.717, 1.165) is 6.42 Å². The summed E-state index contributed by atoms with van der Waals surface area (Å²) >= 11 is 0. The first-order valence-corrected chi connectivity index (χ1v) is 9.86. The van der Waals surface area contributed by atoms with Gasteiger partial charge in [-0.2, -0.15) is 5.26 Å². The Hall–Kier alpha value is -3.55. The molecule has 3 rings (SSSR count). The number of carbonyl (C=O) groups is 2. The van der Waals surface area contributed by atoms with Crippen molar-refractivity contribution in [1.29, 1.82) is 5.26 Å². The second-order valence-corrected chi connectivity index (χ2v) is 6.96. The van der Waals surface area contributed by atoms with Crippen molar-refractivity contribution < 1.29 is 19.1 Å². The van der Waals surface area contributed by atoms with Gasteiger partial charge in [0.05, 0.1) is 24.5 Å². The number of carbonyl (C=O) groups excluding carboxylic acids is 2. The van der Waals surface area contributed by atoms with Crippen LogP contribution < -0.4 is 15.5 Å². The maximum atomic E-state index is 13.1. The van der Waals surface area contributed by atoms with E-state index in [1.165, 1.54) is 11.1 Å². The molecule has 31 heavy (non-hydrogen) atoms. The van der Waals surface area contributed by atoms with Gasteiger partial charge < -0.3 is 14.8 Å². The molecule has 1 fully saturated rings. The zero-order valence-electron chi connectivity index (χ0n) is 17.2. The molecule has 0 saturated carbocycles. The lowest BCUT2D eigenvalue weighted by Gasteiger charge is -2.24. The van der Waals surface area contributed by atoms with E-state index in [0.29, 0.717) is 56.3 Å². The zero-order valence-corrected chi connectivity index (χ0v) is 17.2. The molecule has 10 heteroatoms. The van der Waals surface area contributed by atoms with Gasteiger partial charge >= 0.3 is 6.03 Å². The minimum Gasteiger partial charge on any atom is -0.383 e. The van der Waals surface area contributed by atoms with Crippen LogP contribution in [0.1, 0.15) is 22.5 Å². The summed E-state index contributed by atoms with van der Waals surface area (Å²) in [6, 6.07) is 8.14. The maximum absolute atomic E-state index is 13.1. The van der Waals surface area contributed by atoms with E-state index >= 15 is 0 Å². The van der Waals surface area contributed by atoms with Crippen molar-refractivity contribution in [3.63, 3.8) is 0 Å². The number of methoxy groups -OCH3 is 1. The van der Waals surface area contributed by atoms with Crippen molar-refractivity contribution >= 4 is 29.6 Å². The second kappa shape index (κ2) is 11.0. The van der Waals surface area contributed by atoms with Crippen LogP contribution in [-0.4, -0.2) is 62.3 Å². The average molecular weight is 424 g/mol. The van der Waals surface area contributed by atoms with Gasteiger partial charge in [-0.3, -0.25) is 15.0 Å². The smallest absolute Gasteiger partial charge is 0.328 e. The number of rotatable bonds is 9. The number of ether oxygens (including phenoxy) is 2. The molecule has 3 heterocycles. The van der Waals surface area contributed by atoms with Crippen LogP contribution in [0.4, 0.5) is 22.1 Å². The molecule has 0 aromatic carbocycles. The van der Waals surface area contributed by atoms with Crippen LogP contribution in [0.3, 0.4) is 0 Å². The number of hydrogen-bond donors (Lipinski definition) is 2. The number of urea groups is 1. The van der Waals surface area contributed by atoms with Crippen molar-refractivity contribution in [3.05, 3.63) is 41.7 Å². The minimum absolute atomic E-state index is 0.160. The molecule has 2 aromatic heterocycles. The van der Waals surface area contributed by atoms with E-state index in [9.17, 15) is 14.9 Å². The lowest BCUT2D eigenvalue weighted by Crippen LogP contribution is -2.39. The Labute approximate surface area is 180 Å². The first kappa shape index (κ1) is 22.1. The van der Waals surface area contributed by atoms with E-state index in [1.54, 1.807) is 31.4 Å². The summed E-state index contributed by atoms with van der Waals surface area (Å²) in [6.45, 7) is 2.55. The Morgan fingerprint density at radius 2 is 2.35 bits per heavy atom. The van der Waals surface area contributed by atoms with Gasteiger partial charge in [-0.25, -0.2) is 14.8 Å². The fourth-order valence-electron chi connectivity index (χ4n) is 3.15. The SMILES string of the molecule is COCCNc1cc(NC(=O)N(CC2CCOC2)c2cccc(C=O)n2)ncc1C#N. The summed E-state index contributed by atoms with van der Waals surface area (Å²) in [4.78, 5) is 34.2. The highest BCUT2D eigenvalue weighted by Crippen LogP contribution is 2.22. The number of nitrogens with zero attached hydrogens (tertiary/aromatic N) is 4. The molecule has 10 nitrogen and oxygen atoms in total. The Balaban J connectivity index is 1.81. The quantitative estimate of drug-likeness (QED) is 0.463. The molecular formula is C21H24N6O4. The summed E-state index contributed by atoms with van der Waals surface area (Å²) in [5.41, 5.74) is 1.13. The molecule has 2 N–H and O–H groups in total. The van der Waals surface area contributed by atoms with Gasteiger partial charge in [-0.05, 0) is 18.6 Å². The summed E-state index contributed by atoms with van der Waals surface area (Å²) in [5.74, 6) is 0.803. The lowest BCUT2D eigenvalue weighted by atomic mass is 10.1. The van der Waals surface area contributed by atoms with Crippen LogP contribution in [-0.2, 0) is 9.47 Å². The Kier molecular flexibility index (Phi) is 7.86. The van der Waals surface area contributed by atoms with Crippen LogP contribution in [0.15, 0.2) is 30.5 Å². The zero-order chi connectivity index (χ0) is 22.1. The number of anilines is 3. The van der Waals surface area contributed by atoms with Crippen molar-refractivity contribution in [2.45, 2.75) is 6.42 Å². The highest BCUT2D eigenvalue weighted by atomic mass is 16.5. The first-order valence-electron chi connectivity index (χ1n) is 9.86. The van der Waals surface area contributed by atoms with Crippen molar-refractivity contribution in [3.8, 4) is 6.07 Å². The van der Waals surface area contributed by atoms with Crippen LogP contribution >= 0.6 is 0 Å². The van der Waals surface area contributed by atoms with Gasteiger partial charge in [0.25, 0.3) is 0 Å². The maximum Gasteiger partial charge on any atom is 0.328 e. The van der Waals surface area contributed by atoms with E-state index in [2.05, 4.69) is 26.7 Å². The summed E-state index contributed by atoms with van der Waals surface area (Å²) < 4.78 is 10.4. The van der Waals surface area contributed by atoms with Crippen molar-refractivity contribution in [2.75, 3.05) is 55.6 Å². The second-order valence-electron chi connectivity index (χ2n) is 6.96. The van der Waals surface area contributed by atoms with Crippen LogP contribution in [0.2, 0.25) is 0 Å². The predicted molar refractivity (Wildman–Crippen MR) is 114 cm³/mol. The number of amides is 2. The number of pyridine rings is 2. The number of nitrogens with one attached hydrogen (secondary N) is 2. The average Bonchev–Trinajstić information content (AvgIpc) is 3.31. The minimum atomic E-state index is -0.442. The molecule has 2 aromatic rings. The van der Waals surface area contributed by atoms with E-state index in [4.69, 9.17) is 9.47 Å². The van der Waals surface area contributed by atoms with Gasteiger partial charge in [0.15, 0.2) is 6.29 Å². The van der Waals surface area contributed by atoms with E-state index in [-0.39, 0.29) is 17.4 Å². The van der Waals surface area contributed by atoms with Gasteiger partial charge in [-0.15, -0.1) is 0 Å². The first-order chi connectivity index (χ1) is 15.1. The van der Waals surface area contributed by atoms with Crippen LogP contribution in [0.5, 0.6) is 0 Å². The fraction of sp³-hybridized carbons (Fsp3) is 0.381. The third-order valence-electron chi connectivity index (χ3n) is 4.74. The molecule has 1 aliphatic heterocycles. The van der Waals surface area contributed by atoms with Crippen molar-refractivity contribution in [1.82, 2.24) is 9.97 Å². The number of aldehydes is 1. The third kappa shape index (κ3) is 5.97. The standard InChI is InChI=1S/C21H24N6O4/c1-30-8-6-23-18-9-19(24-11-16(18)10-22)26-21(29)27(12-15-5-7-31-14-15)20-4-2-3-17(13-28)25-20/h2-4,9,11,13,15H,5-8,12,14H2,1H3,(H2,23,24,26,29). The molecule has 0 bridgehead atoms. The normalized spacial score (nSPS) is 15.2. The summed E-state index contributed by atoms with van der Waals surface area (Å²) in [5, 5.41) is 15.1. The third-order valence-corrected chi connectivity index (χ3v) is 4.74. The molecule has 1 unspecified atom stereocenters.